The summed E-state index contributed by atoms with van der Waals surface area (Å²) >= 11 is 13.7. The molecule has 0 spiro atoms. The predicted octanol–water partition coefficient (Wildman–Crippen LogP) is 4.99. The molecule has 0 saturated heterocycles. The van der Waals surface area contributed by atoms with Gasteiger partial charge >= 0.3 is 6.18 Å². The standard InChI is InChI=1S/C8H4BrCl2F3/c9-7(8(12,13)14)4-1-5(10)3-6(11)2-4/h1-3,7H/t7-/m0/s1. The SMILES string of the molecule is FC(F)(F)[C@@H](Br)c1cc(Cl)cc(Cl)c1. The molecular formula is C8H4BrCl2F3. The van der Waals surface area contributed by atoms with Gasteiger partial charge in [-0.3, -0.25) is 0 Å². The minimum Gasteiger partial charge on any atom is -0.169 e. The van der Waals surface area contributed by atoms with E-state index in [-0.39, 0.29) is 15.6 Å². The third-order valence-electron chi connectivity index (χ3n) is 1.46. The number of hydrogen-bond acceptors (Lipinski definition) is 0. The van der Waals surface area contributed by atoms with E-state index in [1.165, 1.54) is 18.2 Å². The number of halogens is 6. The first kappa shape index (κ1) is 12.1. The van der Waals surface area contributed by atoms with E-state index < -0.39 is 11.0 Å². The quantitative estimate of drug-likeness (QED) is 0.641. The van der Waals surface area contributed by atoms with E-state index in [2.05, 4.69) is 15.9 Å². The van der Waals surface area contributed by atoms with Crippen molar-refractivity contribution in [2.24, 2.45) is 0 Å². The fraction of sp³-hybridized carbons (Fsp3) is 0.250. The van der Waals surface area contributed by atoms with Crippen LogP contribution in [0.1, 0.15) is 10.4 Å². The Morgan fingerprint density at radius 1 is 1.07 bits per heavy atom. The van der Waals surface area contributed by atoms with Gasteiger partial charge in [-0.2, -0.15) is 13.2 Å². The maximum atomic E-state index is 12.3. The molecule has 1 aromatic carbocycles. The molecule has 0 aliphatic heterocycles. The van der Waals surface area contributed by atoms with Gasteiger partial charge < -0.3 is 0 Å². The Labute approximate surface area is 97.1 Å². The highest BCUT2D eigenvalue weighted by Crippen LogP contribution is 2.41. The average molecular weight is 308 g/mol. The summed E-state index contributed by atoms with van der Waals surface area (Å²) in [4.78, 5) is -1.74. The molecule has 0 unspecified atom stereocenters. The van der Waals surface area contributed by atoms with Crippen molar-refractivity contribution in [2.75, 3.05) is 0 Å². The first-order valence-electron chi connectivity index (χ1n) is 3.47. The van der Waals surface area contributed by atoms with Crippen molar-refractivity contribution >= 4 is 39.1 Å². The zero-order valence-corrected chi connectivity index (χ0v) is 9.68. The van der Waals surface area contributed by atoms with Crippen LogP contribution < -0.4 is 0 Å². The van der Waals surface area contributed by atoms with Crippen LogP contribution in [0.15, 0.2) is 18.2 Å². The Morgan fingerprint density at radius 3 is 1.86 bits per heavy atom. The van der Waals surface area contributed by atoms with Crippen LogP contribution in [-0.2, 0) is 0 Å². The van der Waals surface area contributed by atoms with Crippen LogP contribution in [0.4, 0.5) is 13.2 Å². The summed E-state index contributed by atoms with van der Waals surface area (Å²) in [5.41, 5.74) is -0.00463. The molecule has 78 valence electrons. The molecule has 0 radical (unpaired) electrons. The molecule has 0 aliphatic rings. The molecule has 14 heavy (non-hydrogen) atoms. The van der Waals surface area contributed by atoms with Crippen molar-refractivity contribution < 1.29 is 13.2 Å². The van der Waals surface area contributed by atoms with E-state index >= 15 is 0 Å². The van der Waals surface area contributed by atoms with Crippen molar-refractivity contribution in [1.82, 2.24) is 0 Å². The van der Waals surface area contributed by atoms with Crippen molar-refractivity contribution in [3.8, 4) is 0 Å². The van der Waals surface area contributed by atoms with Gasteiger partial charge in [-0.1, -0.05) is 39.1 Å². The fourth-order valence-corrected chi connectivity index (χ4v) is 1.72. The van der Waals surface area contributed by atoms with Crippen molar-refractivity contribution in [3.05, 3.63) is 33.8 Å². The van der Waals surface area contributed by atoms with Gasteiger partial charge in [-0.05, 0) is 23.8 Å². The second kappa shape index (κ2) is 4.29. The summed E-state index contributed by atoms with van der Waals surface area (Å²) in [6.07, 6.45) is -4.35. The van der Waals surface area contributed by atoms with E-state index in [0.29, 0.717) is 0 Å². The van der Waals surface area contributed by atoms with Crippen LogP contribution >= 0.6 is 39.1 Å². The molecule has 6 heteroatoms. The summed E-state index contributed by atoms with van der Waals surface area (Å²) in [6, 6.07) is 3.82. The first-order valence-corrected chi connectivity index (χ1v) is 5.14. The van der Waals surface area contributed by atoms with Crippen LogP contribution in [0.5, 0.6) is 0 Å². The minimum absolute atomic E-state index is 0.00463. The number of rotatable bonds is 1. The Hall–Kier alpha value is 0.0700. The van der Waals surface area contributed by atoms with Crippen molar-refractivity contribution in [2.45, 2.75) is 11.0 Å². The molecule has 0 heterocycles. The number of alkyl halides is 4. The zero-order valence-electron chi connectivity index (χ0n) is 6.58. The second-order valence-electron chi connectivity index (χ2n) is 2.61. The Morgan fingerprint density at radius 2 is 1.50 bits per heavy atom. The molecule has 0 saturated carbocycles. The molecular weight excluding hydrogens is 304 g/mol. The third kappa shape index (κ3) is 3.04. The van der Waals surface area contributed by atoms with Gasteiger partial charge in [0.25, 0.3) is 0 Å². The summed E-state index contributed by atoms with van der Waals surface area (Å²) < 4.78 is 36.8. The third-order valence-corrected chi connectivity index (χ3v) is 2.95. The lowest BCUT2D eigenvalue weighted by atomic mass is 10.1. The zero-order chi connectivity index (χ0) is 10.9. The summed E-state index contributed by atoms with van der Waals surface area (Å²) in [6.45, 7) is 0. The lowest BCUT2D eigenvalue weighted by molar-refractivity contribution is -0.128. The van der Waals surface area contributed by atoms with Gasteiger partial charge in [-0.15, -0.1) is 0 Å². The molecule has 1 aromatic rings. The van der Waals surface area contributed by atoms with Gasteiger partial charge in [-0.25, -0.2) is 0 Å². The average Bonchev–Trinajstić information content (AvgIpc) is 1.99. The smallest absolute Gasteiger partial charge is 0.169 e. The van der Waals surface area contributed by atoms with Gasteiger partial charge in [0.1, 0.15) is 4.83 Å². The molecule has 0 nitrogen and oxygen atoms in total. The molecule has 0 aromatic heterocycles. The number of hydrogen-bond donors (Lipinski definition) is 0. The summed E-state index contributed by atoms with van der Waals surface area (Å²) in [5.74, 6) is 0. The summed E-state index contributed by atoms with van der Waals surface area (Å²) in [5, 5.41) is 0.363. The van der Waals surface area contributed by atoms with Crippen LogP contribution in [-0.4, -0.2) is 6.18 Å². The highest BCUT2D eigenvalue weighted by Gasteiger charge is 2.38. The molecule has 1 rings (SSSR count). The molecule has 0 fully saturated rings. The van der Waals surface area contributed by atoms with Crippen LogP contribution in [0, 0.1) is 0 Å². The van der Waals surface area contributed by atoms with E-state index in [1.54, 1.807) is 0 Å². The van der Waals surface area contributed by atoms with E-state index in [4.69, 9.17) is 23.2 Å². The van der Waals surface area contributed by atoms with Gasteiger partial charge in [0.15, 0.2) is 0 Å². The minimum atomic E-state index is -4.35. The largest absolute Gasteiger partial charge is 0.405 e. The van der Waals surface area contributed by atoms with Gasteiger partial charge in [0.2, 0.25) is 0 Å². The van der Waals surface area contributed by atoms with Gasteiger partial charge in [0.05, 0.1) is 0 Å². The molecule has 0 amide bonds. The Bertz CT molecular complexity index is 318. The molecule has 0 aliphatic carbocycles. The summed E-state index contributed by atoms with van der Waals surface area (Å²) in [7, 11) is 0. The lowest BCUT2D eigenvalue weighted by Gasteiger charge is -2.14. The predicted molar refractivity (Wildman–Crippen MR) is 54.2 cm³/mol. The maximum Gasteiger partial charge on any atom is 0.405 e. The molecule has 1 atom stereocenters. The van der Waals surface area contributed by atoms with Crippen LogP contribution in [0.2, 0.25) is 10.0 Å². The van der Waals surface area contributed by atoms with Crippen molar-refractivity contribution in [1.29, 1.82) is 0 Å². The highest BCUT2D eigenvalue weighted by atomic mass is 79.9. The Balaban J connectivity index is 3.07. The normalized spacial score (nSPS) is 14.1. The van der Waals surface area contributed by atoms with Crippen LogP contribution in [0.25, 0.3) is 0 Å². The Kier molecular flexibility index (Phi) is 3.72. The van der Waals surface area contributed by atoms with Crippen LogP contribution in [0.3, 0.4) is 0 Å². The van der Waals surface area contributed by atoms with Crippen molar-refractivity contribution in [3.63, 3.8) is 0 Å². The van der Waals surface area contributed by atoms with Gasteiger partial charge in [0, 0.05) is 10.0 Å². The second-order valence-corrected chi connectivity index (χ2v) is 4.40. The first-order chi connectivity index (χ1) is 6.30. The highest BCUT2D eigenvalue weighted by molar-refractivity contribution is 9.09. The fourth-order valence-electron chi connectivity index (χ4n) is 0.910. The maximum absolute atomic E-state index is 12.3. The van der Waals surface area contributed by atoms with E-state index in [9.17, 15) is 13.2 Å². The van der Waals surface area contributed by atoms with E-state index in [0.717, 1.165) is 0 Å². The monoisotopic (exact) mass is 306 g/mol. The lowest BCUT2D eigenvalue weighted by Crippen LogP contribution is -2.15. The van der Waals surface area contributed by atoms with E-state index in [1.807, 2.05) is 0 Å². The number of benzene rings is 1. The molecule has 0 N–H and O–H groups in total. The topological polar surface area (TPSA) is 0 Å². The molecule has 0 bridgehead atoms.